The highest BCUT2D eigenvalue weighted by Crippen LogP contribution is 2.34. The predicted octanol–water partition coefficient (Wildman–Crippen LogP) is 7.10. The molecule has 0 aliphatic carbocycles. The van der Waals surface area contributed by atoms with Gasteiger partial charge in [-0.1, -0.05) is 64.5 Å². The molecular weight excluding hydrogens is 972 g/mol. The number of esters is 2. The summed E-state index contributed by atoms with van der Waals surface area (Å²) in [6.45, 7) is 3.79. The first-order chi connectivity index (χ1) is 32.2. The van der Waals surface area contributed by atoms with Gasteiger partial charge in [0.05, 0.1) is 35.3 Å². The summed E-state index contributed by atoms with van der Waals surface area (Å²) in [7, 11) is 0. The van der Waals surface area contributed by atoms with Crippen LogP contribution in [0, 0.1) is 11.8 Å². The molecule has 66 heavy (non-hydrogen) atoms. The second kappa shape index (κ2) is 20.4. The van der Waals surface area contributed by atoms with E-state index in [-0.39, 0.29) is 23.8 Å². The predicted molar refractivity (Wildman–Crippen MR) is 248 cm³/mol. The molecule has 2 saturated heterocycles. The van der Waals surface area contributed by atoms with Crippen LogP contribution in [-0.4, -0.2) is 100 Å². The van der Waals surface area contributed by atoms with Crippen LogP contribution in [-0.2, 0) is 51.5 Å². The standard InChI is InChI=1S/C24H24BrN5O3.C24H22BrN5O3/c2*25-23-18(5-8-20-21(23)14-33-24(20)32)4-1-16-9-11-29(12-10-16)22(31)13-17-2-6-19(7-3-17)30-15-26-27-28-30/h2-3,5-8,15-16H,1,4,9-14H2;1-8,15-16H,9-14H2/b;4-1-. The minimum atomic E-state index is -0.262. The molecular formula is C48H46Br2N10O6. The first-order valence-corrected chi connectivity index (χ1v) is 23.6. The Balaban J connectivity index is 0.000000166. The van der Waals surface area contributed by atoms with Crippen LogP contribution < -0.4 is 0 Å². The van der Waals surface area contributed by atoms with Crippen molar-refractivity contribution in [3.05, 3.63) is 145 Å². The average Bonchev–Trinajstić information content (AvgIpc) is 4.20. The Hall–Kier alpha value is -6.40. The van der Waals surface area contributed by atoms with Gasteiger partial charge in [0.25, 0.3) is 0 Å². The number of piperidine rings is 2. The summed E-state index contributed by atoms with van der Waals surface area (Å²) in [5, 5.41) is 22.3. The minimum absolute atomic E-state index is 0.152. The molecule has 0 bridgehead atoms. The number of ether oxygens (including phenoxy) is 2. The molecule has 10 rings (SSSR count). The Labute approximate surface area is 397 Å². The number of halogens is 2. The highest BCUT2D eigenvalue weighted by atomic mass is 79.9. The van der Waals surface area contributed by atoms with Crippen molar-refractivity contribution >= 4 is 61.7 Å². The van der Waals surface area contributed by atoms with Crippen LogP contribution in [0.4, 0.5) is 0 Å². The number of nitrogens with zero attached hydrogens (tertiary/aromatic N) is 10. The lowest BCUT2D eigenvalue weighted by atomic mass is 9.89. The number of fused-ring (bicyclic) bond motifs is 2. The van der Waals surface area contributed by atoms with Crippen molar-refractivity contribution in [3.63, 3.8) is 0 Å². The summed E-state index contributed by atoms with van der Waals surface area (Å²) in [5.41, 5.74) is 9.12. The number of hydrogen-bond acceptors (Lipinski definition) is 12. The van der Waals surface area contributed by atoms with Crippen LogP contribution in [0.25, 0.3) is 17.5 Å². The van der Waals surface area contributed by atoms with E-state index in [0.717, 1.165) is 113 Å². The van der Waals surface area contributed by atoms with Crippen molar-refractivity contribution < 1.29 is 28.7 Å². The van der Waals surface area contributed by atoms with Gasteiger partial charge in [0, 0.05) is 46.3 Å². The SMILES string of the molecule is O=C1OCc2c1ccc(/C=C\C1CCN(C(=O)Cc3ccc(-n4cnnn4)cc3)CC1)c2Br.O=C1OCc2c1ccc(CCC1CCN(C(=O)Cc3ccc(-n4cnnn4)cc3)CC1)c2Br. The molecule has 2 fully saturated rings. The summed E-state index contributed by atoms with van der Waals surface area (Å²) in [5.74, 6) is 0.845. The summed E-state index contributed by atoms with van der Waals surface area (Å²) in [6, 6.07) is 23.1. The topological polar surface area (TPSA) is 180 Å². The number of rotatable bonds is 11. The second-order valence-corrected chi connectivity index (χ2v) is 18.4. The molecule has 338 valence electrons. The largest absolute Gasteiger partial charge is 0.457 e. The van der Waals surface area contributed by atoms with Gasteiger partial charge in [0.1, 0.15) is 25.9 Å². The molecule has 4 aliphatic heterocycles. The van der Waals surface area contributed by atoms with Gasteiger partial charge in [0.2, 0.25) is 11.8 Å². The van der Waals surface area contributed by atoms with Crippen LogP contribution in [0.2, 0.25) is 0 Å². The van der Waals surface area contributed by atoms with Crippen LogP contribution >= 0.6 is 31.9 Å². The normalized spacial score (nSPS) is 16.2. The monoisotopic (exact) mass is 1020 g/mol. The van der Waals surface area contributed by atoms with Gasteiger partial charge >= 0.3 is 11.9 Å². The summed E-state index contributed by atoms with van der Waals surface area (Å²) in [6.07, 6.45) is 14.1. The third-order valence-electron chi connectivity index (χ3n) is 12.8. The van der Waals surface area contributed by atoms with E-state index in [2.05, 4.69) is 75.1 Å². The third-order valence-corrected chi connectivity index (χ3v) is 14.7. The number of cyclic esters (lactones) is 2. The highest BCUT2D eigenvalue weighted by Gasteiger charge is 2.28. The first-order valence-electron chi connectivity index (χ1n) is 22.0. The lowest BCUT2D eigenvalue weighted by Gasteiger charge is -2.32. The lowest BCUT2D eigenvalue weighted by molar-refractivity contribution is -0.132. The summed E-state index contributed by atoms with van der Waals surface area (Å²) < 4.78 is 15.3. The number of aromatic nitrogens is 8. The number of allylic oxidation sites excluding steroid dienone is 1. The number of likely N-dealkylation sites (tertiary alicyclic amines) is 2. The van der Waals surface area contributed by atoms with Gasteiger partial charge < -0.3 is 19.3 Å². The highest BCUT2D eigenvalue weighted by molar-refractivity contribution is 9.11. The van der Waals surface area contributed by atoms with E-state index in [1.165, 1.54) is 11.9 Å². The molecule has 0 atom stereocenters. The maximum atomic E-state index is 12.8. The summed E-state index contributed by atoms with van der Waals surface area (Å²) in [4.78, 5) is 52.9. The fourth-order valence-electron chi connectivity index (χ4n) is 8.80. The smallest absolute Gasteiger partial charge is 0.338 e. The van der Waals surface area contributed by atoms with Gasteiger partial charge in [-0.15, -0.1) is 10.2 Å². The Kier molecular flexibility index (Phi) is 13.8. The van der Waals surface area contributed by atoms with Crippen LogP contribution in [0.1, 0.15) is 86.2 Å². The van der Waals surface area contributed by atoms with E-state index < -0.39 is 0 Å². The maximum absolute atomic E-state index is 12.8. The Bertz CT molecular complexity index is 2730. The number of tetrazole rings is 2. The number of aryl methyl sites for hydroxylation is 1. The lowest BCUT2D eigenvalue weighted by Crippen LogP contribution is -2.39. The first kappa shape index (κ1) is 44.8. The molecule has 2 amide bonds. The molecule has 0 unspecified atom stereocenters. The molecule has 4 aliphatic rings. The average molecular weight is 1020 g/mol. The molecule has 0 spiro atoms. The third kappa shape index (κ3) is 10.3. The second-order valence-electron chi connectivity index (χ2n) is 16.8. The zero-order chi connectivity index (χ0) is 45.6. The molecule has 6 aromatic rings. The zero-order valence-corrected chi connectivity index (χ0v) is 39.1. The number of benzene rings is 4. The minimum Gasteiger partial charge on any atom is -0.457 e. The van der Waals surface area contributed by atoms with Gasteiger partial charge in [-0.05, 0) is 146 Å². The van der Waals surface area contributed by atoms with Crippen molar-refractivity contribution in [3.8, 4) is 11.4 Å². The Morgan fingerprint density at radius 2 is 1.14 bits per heavy atom. The van der Waals surface area contributed by atoms with E-state index >= 15 is 0 Å². The van der Waals surface area contributed by atoms with Crippen molar-refractivity contribution in [1.29, 1.82) is 0 Å². The van der Waals surface area contributed by atoms with Gasteiger partial charge in [-0.3, -0.25) is 9.59 Å². The molecule has 4 aromatic carbocycles. The van der Waals surface area contributed by atoms with E-state index in [1.54, 1.807) is 15.7 Å². The summed E-state index contributed by atoms with van der Waals surface area (Å²) >= 11 is 7.28. The molecule has 0 N–H and O–H groups in total. The fourth-order valence-corrected chi connectivity index (χ4v) is 10.1. The van der Waals surface area contributed by atoms with Gasteiger partial charge in [0.15, 0.2) is 0 Å². The van der Waals surface area contributed by atoms with E-state index in [9.17, 15) is 19.2 Å². The molecule has 18 heteroatoms. The Morgan fingerprint density at radius 1 is 0.636 bits per heavy atom. The molecule has 2 aromatic heterocycles. The maximum Gasteiger partial charge on any atom is 0.338 e. The van der Waals surface area contributed by atoms with Crippen molar-refractivity contribution in [2.75, 3.05) is 26.2 Å². The fraction of sp³-hybridized carbons (Fsp3) is 0.333. The molecule has 0 saturated carbocycles. The van der Waals surface area contributed by atoms with Crippen LogP contribution in [0.15, 0.2) is 100 Å². The van der Waals surface area contributed by atoms with Crippen LogP contribution in [0.3, 0.4) is 0 Å². The van der Waals surface area contributed by atoms with E-state index in [1.807, 2.05) is 82.6 Å². The van der Waals surface area contributed by atoms with E-state index in [0.29, 0.717) is 49.0 Å². The van der Waals surface area contributed by atoms with Crippen molar-refractivity contribution in [2.45, 2.75) is 64.6 Å². The number of hydrogen-bond donors (Lipinski definition) is 0. The number of amides is 2. The zero-order valence-electron chi connectivity index (χ0n) is 36.0. The molecule has 6 heterocycles. The van der Waals surface area contributed by atoms with Crippen molar-refractivity contribution in [1.82, 2.24) is 50.2 Å². The quantitative estimate of drug-likeness (QED) is 0.120. The van der Waals surface area contributed by atoms with E-state index in [4.69, 9.17) is 9.47 Å². The molecule has 0 radical (unpaired) electrons. The van der Waals surface area contributed by atoms with Crippen molar-refractivity contribution in [2.24, 2.45) is 11.8 Å². The number of carbonyl (C=O) groups is 4. The number of carbonyl (C=O) groups excluding carboxylic acids is 4. The molecule has 16 nitrogen and oxygen atoms in total. The van der Waals surface area contributed by atoms with Gasteiger partial charge in [-0.25, -0.2) is 19.0 Å². The van der Waals surface area contributed by atoms with Gasteiger partial charge in [-0.2, -0.15) is 0 Å². The van der Waals surface area contributed by atoms with Crippen LogP contribution in [0.5, 0.6) is 0 Å². The Morgan fingerprint density at radius 3 is 1.65 bits per heavy atom.